The van der Waals surface area contributed by atoms with Crippen LogP contribution in [0.5, 0.6) is 5.75 Å². The standard InChI is InChI=1S/C19H28N2O3/c22-18(12-7-15-24-17-10-5-2-6-11-17)20-13-14-21-19(23)16-8-3-1-4-9-16/h2,5-6,10-11,16H,1,3-4,7-9,12-15H2,(H,20,22)(H,21,23). The summed E-state index contributed by atoms with van der Waals surface area (Å²) in [6.45, 7) is 1.51. The predicted octanol–water partition coefficient (Wildman–Crippen LogP) is 2.66. The fraction of sp³-hybridized carbons (Fsp3) is 0.579. The Morgan fingerprint density at radius 1 is 1.00 bits per heavy atom. The van der Waals surface area contributed by atoms with Crippen molar-refractivity contribution in [1.82, 2.24) is 10.6 Å². The fourth-order valence-electron chi connectivity index (χ4n) is 2.92. The van der Waals surface area contributed by atoms with E-state index in [9.17, 15) is 9.59 Å². The fourth-order valence-corrected chi connectivity index (χ4v) is 2.92. The molecule has 0 unspecified atom stereocenters. The number of rotatable bonds is 9. The van der Waals surface area contributed by atoms with Gasteiger partial charge in [0, 0.05) is 25.4 Å². The maximum atomic E-state index is 11.9. The van der Waals surface area contributed by atoms with Crippen molar-refractivity contribution in [3.63, 3.8) is 0 Å². The van der Waals surface area contributed by atoms with E-state index in [1.807, 2.05) is 30.3 Å². The number of para-hydroxylation sites is 1. The molecule has 1 saturated carbocycles. The monoisotopic (exact) mass is 332 g/mol. The van der Waals surface area contributed by atoms with Crippen LogP contribution in [0.15, 0.2) is 30.3 Å². The highest BCUT2D eigenvalue weighted by atomic mass is 16.5. The quantitative estimate of drug-likeness (QED) is 0.683. The van der Waals surface area contributed by atoms with Crippen LogP contribution in [0.2, 0.25) is 0 Å². The number of nitrogens with one attached hydrogen (secondary N) is 2. The van der Waals surface area contributed by atoms with E-state index in [0.29, 0.717) is 32.5 Å². The minimum Gasteiger partial charge on any atom is -0.494 e. The van der Waals surface area contributed by atoms with E-state index >= 15 is 0 Å². The maximum absolute atomic E-state index is 11.9. The van der Waals surface area contributed by atoms with Crippen LogP contribution in [-0.2, 0) is 9.59 Å². The van der Waals surface area contributed by atoms with Crippen molar-refractivity contribution >= 4 is 11.8 Å². The molecule has 1 aromatic carbocycles. The first-order valence-electron chi connectivity index (χ1n) is 8.98. The van der Waals surface area contributed by atoms with E-state index < -0.39 is 0 Å². The number of carbonyl (C=O) groups is 2. The number of carbonyl (C=O) groups excluding carboxylic acids is 2. The van der Waals surface area contributed by atoms with Crippen molar-refractivity contribution in [3.8, 4) is 5.75 Å². The van der Waals surface area contributed by atoms with Gasteiger partial charge in [0.2, 0.25) is 11.8 Å². The summed E-state index contributed by atoms with van der Waals surface area (Å²) in [6.07, 6.45) is 6.66. The molecule has 24 heavy (non-hydrogen) atoms. The summed E-state index contributed by atoms with van der Waals surface area (Å²) in [5.74, 6) is 1.13. The van der Waals surface area contributed by atoms with Crippen LogP contribution in [0.1, 0.15) is 44.9 Å². The number of hydrogen-bond acceptors (Lipinski definition) is 3. The molecule has 2 N–H and O–H groups in total. The highest BCUT2D eigenvalue weighted by Gasteiger charge is 2.20. The van der Waals surface area contributed by atoms with Gasteiger partial charge in [-0.3, -0.25) is 9.59 Å². The lowest BCUT2D eigenvalue weighted by Gasteiger charge is -2.20. The van der Waals surface area contributed by atoms with Crippen molar-refractivity contribution in [2.24, 2.45) is 5.92 Å². The highest BCUT2D eigenvalue weighted by molar-refractivity contribution is 5.79. The second-order valence-corrected chi connectivity index (χ2v) is 6.24. The van der Waals surface area contributed by atoms with E-state index in [1.165, 1.54) is 6.42 Å². The molecule has 132 valence electrons. The summed E-state index contributed by atoms with van der Waals surface area (Å²) in [7, 11) is 0. The normalized spacial score (nSPS) is 14.8. The Morgan fingerprint density at radius 2 is 1.71 bits per heavy atom. The molecule has 0 bridgehead atoms. The largest absolute Gasteiger partial charge is 0.494 e. The molecule has 0 heterocycles. The zero-order chi connectivity index (χ0) is 17.0. The van der Waals surface area contributed by atoms with Crippen LogP contribution in [0.4, 0.5) is 0 Å². The van der Waals surface area contributed by atoms with Gasteiger partial charge < -0.3 is 15.4 Å². The second kappa shape index (κ2) is 10.7. The SMILES string of the molecule is O=C(CCCOc1ccccc1)NCCNC(=O)C1CCCCC1. The summed E-state index contributed by atoms with van der Waals surface area (Å²) < 4.78 is 5.54. The first kappa shape index (κ1) is 18.3. The molecule has 0 aromatic heterocycles. The number of ether oxygens (including phenoxy) is 1. The minimum absolute atomic E-state index is 0.00132. The van der Waals surface area contributed by atoms with Gasteiger partial charge in [0.15, 0.2) is 0 Å². The summed E-state index contributed by atoms with van der Waals surface area (Å²) in [4.78, 5) is 23.7. The molecule has 0 radical (unpaired) electrons. The van der Waals surface area contributed by atoms with Crippen molar-refractivity contribution in [2.45, 2.75) is 44.9 Å². The summed E-state index contributed by atoms with van der Waals surface area (Å²) in [6, 6.07) is 9.57. The summed E-state index contributed by atoms with van der Waals surface area (Å²) in [5, 5.41) is 5.75. The van der Waals surface area contributed by atoms with Crippen molar-refractivity contribution in [3.05, 3.63) is 30.3 Å². The lowest BCUT2D eigenvalue weighted by molar-refractivity contribution is -0.126. The van der Waals surface area contributed by atoms with Gasteiger partial charge >= 0.3 is 0 Å². The van der Waals surface area contributed by atoms with Crippen molar-refractivity contribution in [2.75, 3.05) is 19.7 Å². The summed E-state index contributed by atoms with van der Waals surface area (Å²) in [5.41, 5.74) is 0. The molecular weight excluding hydrogens is 304 g/mol. The van der Waals surface area contributed by atoms with Gasteiger partial charge in [-0.05, 0) is 31.4 Å². The lowest BCUT2D eigenvalue weighted by Crippen LogP contribution is -2.38. The van der Waals surface area contributed by atoms with E-state index in [1.54, 1.807) is 0 Å². The third-order valence-corrected chi connectivity index (χ3v) is 4.28. The molecule has 0 saturated heterocycles. The molecule has 1 aliphatic carbocycles. The van der Waals surface area contributed by atoms with E-state index in [4.69, 9.17) is 4.74 Å². The maximum Gasteiger partial charge on any atom is 0.223 e. The molecule has 2 amide bonds. The Hall–Kier alpha value is -2.04. The molecule has 1 aliphatic rings. The van der Waals surface area contributed by atoms with Gasteiger partial charge in [0.25, 0.3) is 0 Å². The predicted molar refractivity (Wildman–Crippen MR) is 93.8 cm³/mol. The Balaban J connectivity index is 1.46. The molecule has 1 fully saturated rings. The van der Waals surface area contributed by atoms with E-state index in [-0.39, 0.29) is 17.7 Å². The van der Waals surface area contributed by atoms with Gasteiger partial charge in [-0.2, -0.15) is 0 Å². The van der Waals surface area contributed by atoms with Crippen LogP contribution in [0, 0.1) is 5.92 Å². The van der Waals surface area contributed by atoms with Crippen LogP contribution >= 0.6 is 0 Å². The van der Waals surface area contributed by atoms with Crippen LogP contribution in [-0.4, -0.2) is 31.5 Å². The average molecular weight is 332 g/mol. The zero-order valence-corrected chi connectivity index (χ0v) is 14.3. The lowest BCUT2D eigenvalue weighted by atomic mass is 9.89. The van der Waals surface area contributed by atoms with E-state index in [0.717, 1.165) is 31.4 Å². The Kier molecular flexibility index (Phi) is 8.15. The Labute approximate surface area is 144 Å². The Morgan fingerprint density at radius 3 is 2.46 bits per heavy atom. The van der Waals surface area contributed by atoms with Gasteiger partial charge in [-0.1, -0.05) is 37.5 Å². The second-order valence-electron chi connectivity index (χ2n) is 6.24. The Bertz CT molecular complexity index is 499. The average Bonchev–Trinajstić information content (AvgIpc) is 2.64. The van der Waals surface area contributed by atoms with E-state index in [2.05, 4.69) is 10.6 Å². The molecule has 2 rings (SSSR count). The molecule has 0 spiro atoms. The topological polar surface area (TPSA) is 67.4 Å². The molecular formula is C19H28N2O3. The molecule has 1 aromatic rings. The molecule has 5 heteroatoms. The van der Waals surface area contributed by atoms with Crippen LogP contribution in [0.3, 0.4) is 0 Å². The number of benzene rings is 1. The van der Waals surface area contributed by atoms with Crippen LogP contribution < -0.4 is 15.4 Å². The first-order chi connectivity index (χ1) is 11.8. The van der Waals surface area contributed by atoms with Gasteiger partial charge in [0.1, 0.15) is 5.75 Å². The number of amides is 2. The van der Waals surface area contributed by atoms with Crippen LogP contribution in [0.25, 0.3) is 0 Å². The molecule has 0 atom stereocenters. The third kappa shape index (κ3) is 7.02. The number of hydrogen-bond donors (Lipinski definition) is 2. The minimum atomic E-state index is -0.00132. The van der Waals surface area contributed by atoms with Gasteiger partial charge in [-0.25, -0.2) is 0 Å². The molecule has 0 aliphatic heterocycles. The highest BCUT2D eigenvalue weighted by Crippen LogP contribution is 2.23. The van der Waals surface area contributed by atoms with Crippen molar-refractivity contribution in [1.29, 1.82) is 0 Å². The molecule has 5 nitrogen and oxygen atoms in total. The van der Waals surface area contributed by atoms with Gasteiger partial charge in [0.05, 0.1) is 6.61 Å². The van der Waals surface area contributed by atoms with Crippen molar-refractivity contribution < 1.29 is 14.3 Å². The smallest absolute Gasteiger partial charge is 0.223 e. The zero-order valence-electron chi connectivity index (χ0n) is 14.3. The third-order valence-electron chi connectivity index (χ3n) is 4.28. The van der Waals surface area contributed by atoms with Gasteiger partial charge in [-0.15, -0.1) is 0 Å². The summed E-state index contributed by atoms with van der Waals surface area (Å²) >= 11 is 0. The first-order valence-corrected chi connectivity index (χ1v) is 8.98.